The average molecular weight is 272 g/mol. The van der Waals surface area contributed by atoms with Gasteiger partial charge < -0.3 is 4.74 Å². The van der Waals surface area contributed by atoms with E-state index in [0.717, 1.165) is 4.90 Å². The maximum Gasteiger partial charge on any atom is 0.303 e. The lowest BCUT2D eigenvalue weighted by Gasteiger charge is -2.20. The van der Waals surface area contributed by atoms with E-state index >= 15 is 0 Å². The molecule has 0 aliphatic carbocycles. The van der Waals surface area contributed by atoms with Crippen LogP contribution < -0.4 is 0 Å². The van der Waals surface area contributed by atoms with Crippen LogP contribution in [0.15, 0.2) is 24.3 Å². The van der Waals surface area contributed by atoms with Crippen molar-refractivity contribution in [2.45, 2.75) is 19.4 Å². The molecule has 102 valence electrons. The molecule has 0 radical (unpaired) electrons. The van der Waals surface area contributed by atoms with Gasteiger partial charge >= 0.3 is 5.97 Å². The Labute approximate surface area is 115 Å². The van der Waals surface area contributed by atoms with Crippen LogP contribution in [0, 0.1) is 11.3 Å². The standard InChI is InChI=1S/C14H12N2O4/c1-9(17)20-10(6-7-15)8-16-13(18)11-4-2-3-5-12(11)14(16)19/h2-5,10H,6,8H2,1H3/t10-/m0/s1. The van der Waals surface area contributed by atoms with Crippen LogP contribution in [0.5, 0.6) is 0 Å². The van der Waals surface area contributed by atoms with E-state index in [9.17, 15) is 14.4 Å². The zero-order valence-corrected chi connectivity index (χ0v) is 10.8. The number of benzene rings is 1. The predicted molar refractivity (Wildman–Crippen MR) is 67.6 cm³/mol. The van der Waals surface area contributed by atoms with Gasteiger partial charge in [0.05, 0.1) is 30.2 Å². The van der Waals surface area contributed by atoms with Crippen LogP contribution in [0.3, 0.4) is 0 Å². The summed E-state index contributed by atoms with van der Waals surface area (Å²) in [5.74, 6) is -1.41. The fourth-order valence-corrected chi connectivity index (χ4v) is 2.09. The molecule has 1 aromatic rings. The fourth-order valence-electron chi connectivity index (χ4n) is 2.09. The molecular weight excluding hydrogens is 260 g/mol. The van der Waals surface area contributed by atoms with E-state index in [1.807, 2.05) is 6.07 Å². The molecule has 0 saturated carbocycles. The summed E-state index contributed by atoms with van der Waals surface area (Å²) in [6.45, 7) is 1.10. The molecule has 0 saturated heterocycles. The Balaban J connectivity index is 2.19. The summed E-state index contributed by atoms with van der Waals surface area (Å²) in [6, 6.07) is 8.36. The Bertz CT molecular complexity index is 583. The van der Waals surface area contributed by atoms with Crippen molar-refractivity contribution in [2.24, 2.45) is 0 Å². The van der Waals surface area contributed by atoms with Gasteiger partial charge in [0.1, 0.15) is 6.10 Å². The quantitative estimate of drug-likeness (QED) is 0.605. The van der Waals surface area contributed by atoms with Crippen LogP contribution >= 0.6 is 0 Å². The van der Waals surface area contributed by atoms with Crippen molar-refractivity contribution < 1.29 is 19.1 Å². The first-order chi connectivity index (χ1) is 9.54. The van der Waals surface area contributed by atoms with Crippen molar-refractivity contribution in [1.29, 1.82) is 5.26 Å². The minimum Gasteiger partial charge on any atom is -0.460 e. The van der Waals surface area contributed by atoms with E-state index < -0.39 is 23.9 Å². The zero-order chi connectivity index (χ0) is 14.7. The molecule has 1 aromatic carbocycles. The summed E-state index contributed by atoms with van der Waals surface area (Å²) in [4.78, 5) is 36.2. The molecule has 2 amide bonds. The highest BCUT2D eigenvalue weighted by molar-refractivity contribution is 6.21. The van der Waals surface area contributed by atoms with Crippen molar-refractivity contribution in [3.05, 3.63) is 35.4 Å². The minimum atomic E-state index is -0.806. The van der Waals surface area contributed by atoms with Crippen molar-refractivity contribution in [3.63, 3.8) is 0 Å². The Hall–Kier alpha value is -2.68. The van der Waals surface area contributed by atoms with E-state index in [2.05, 4.69) is 0 Å². The molecule has 0 spiro atoms. The molecule has 6 heteroatoms. The minimum absolute atomic E-state index is 0.0764. The molecule has 0 unspecified atom stereocenters. The van der Waals surface area contributed by atoms with Gasteiger partial charge in [-0.1, -0.05) is 12.1 Å². The van der Waals surface area contributed by atoms with Gasteiger partial charge in [-0.2, -0.15) is 5.26 Å². The third-order valence-corrected chi connectivity index (χ3v) is 2.92. The predicted octanol–water partition coefficient (Wildman–Crippen LogP) is 1.13. The average Bonchev–Trinajstić information content (AvgIpc) is 2.64. The number of amides is 2. The van der Waals surface area contributed by atoms with Gasteiger partial charge in [-0.25, -0.2) is 0 Å². The first kappa shape index (κ1) is 13.7. The molecule has 0 N–H and O–H groups in total. The van der Waals surface area contributed by atoms with E-state index in [1.165, 1.54) is 6.92 Å². The van der Waals surface area contributed by atoms with Crippen molar-refractivity contribution >= 4 is 17.8 Å². The van der Waals surface area contributed by atoms with Gasteiger partial charge in [0.2, 0.25) is 0 Å². The van der Waals surface area contributed by atoms with E-state index in [-0.39, 0.29) is 13.0 Å². The van der Waals surface area contributed by atoms with Crippen LogP contribution in [0.4, 0.5) is 0 Å². The first-order valence-corrected chi connectivity index (χ1v) is 6.04. The number of imide groups is 1. The number of rotatable bonds is 4. The summed E-state index contributed by atoms with van der Waals surface area (Å²) in [7, 11) is 0. The number of carbonyl (C=O) groups is 3. The normalized spacial score (nSPS) is 14.7. The number of hydrogen-bond donors (Lipinski definition) is 0. The molecular formula is C14H12N2O4. The highest BCUT2D eigenvalue weighted by atomic mass is 16.5. The smallest absolute Gasteiger partial charge is 0.303 e. The Morgan fingerprint density at radius 1 is 1.30 bits per heavy atom. The SMILES string of the molecule is CC(=O)O[C@@H](CC#N)CN1C(=O)c2ccccc2C1=O. The molecule has 0 bridgehead atoms. The van der Waals surface area contributed by atoms with Crippen LogP contribution in [0.1, 0.15) is 34.1 Å². The molecule has 6 nitrogen and oxygen atoms in total. The van der Waals surface area contributed by atoms with Crippen LogP contribution in [0.2, 0.25) is 0 Å². The second-order valence-electron chi connectivity index (χ2n) is 4.36. The second kappa shape index (κ2) is 5.53. The molecule has 20 heavy (non-hydrogen) atoms. The van der Waals surface area contributed by atoms with Gasteiger partial charge in [0.25, 0.3) is 11.8 Å². The van der Waals surface area contributed by atoms with Gasteiger partial charge in [-0.05, 0) is 12.1 Å². The van der Waals surface area contributed by atoms with Crippen LogP contribution in [-0.4, -0.2) is 35.3 Å². The third kappa shape index (κ3) is 2.52. The number of nitrogens with zero attached hydrogens (tertiary/aromatic N) is 2. The Morgan fingerprint density at radius 3 is 2.30 bits per heavy atom. The van der Waals surface area contributed by atoms with E-state index in [0.29, 0.717) is 11.1 Å². The van der Waals surface area contributed by atoms with Crippen LogP contribution in [0.25, 0.3) is 0 Å². The highest BCUT2D eigenvalue weighted by Crippen LogP contribution is 2.23. The lowest BCUT2D eigenvalue weighted by molar-refractivity contribution is -0.146. The maximum atomic E-state index is 12.1. The second-order valence-corrected chi connectivity index (χ2v) is 4.36. The topological polar surface area (TPSA) is 87.5 Å². The lowest BCUT2D eigenvalue weighted by Crippen LogP contribution is -2.38. The summed E-state index contributed by atoms with van der Waals surface area (Å²) >= 11 is 0. The summed E-state index contributed by atoms with van der Waals surface area (Å²) in [6.07, 6.45) is -0.882. The molecule has 1 heterocycles. The first-order valence-electron chi connectivity index (χ1n) is 6.04. The van der Waals surface area contributed by atoms with Gasteiger partial charge in [0.15, 0.2) is 0 Å². The number of esters is 1. The Kier molecular flexibility index (Phi) is 3.80. The Morgan fingerprint density at radius 2 is 1.85 bits per heavy atom. The summed E-state index contributed by atoms with van der Waals surface area (Å²) < 4.78 is 4.94. The molecule has 1 aliphatic heterocycles. The molecule has 0 aromatic heterocycles. The number of hydrogen-bond acceptors (Lipinski definition) is 5. The van der Waals surface area contributed by atoms with Crippen molar-refractivity contribution in [1.82, 2.24) is 4.90 Å². The largest absolute Gasteiger partial charge is 0.460 e. The maximum absolute atomic E-state index is 12.1. The molecule has 1 atom stereocenters. The fraction of sp³-hybridized carbons (Fsp3) is 0.286. The lowest BCUT2D eigenvalue weighted by atomic mass is 10.1. The molecule has 1 aliphatic rings. The monoisotopic (exact) mass is 272 g/mol. The highest BCUT2D eigenvalue weighted by Gasteiger charge is 2.36. The summed E-state index contributed by atoms with van der Waals surface area (Å²) in [5, 5.41) is 8.70. The third-order valence-electron chi connectivity index (χ3n) is 2.92. The number of fused-ring (bicyclic) bond motifs is 1. The van der Waals surface area contributed by atoms with Crippen molar-refractivity contribution in [3.8, 4) is 6.07 Å². The molecule has 2 rings (SSSR count). The number of ether oxygens (including phenoxy) is 1. The van der Waals surface area contributed by atoms with Gasteiger partial charge in [-0.15, -0.1) is 0 Å². The van der Waals surface area contributed by atoms with Gasteiger partial charge in [0, 0.05) is 6.92 Å². The number of nitriles is 1. The summed E-state index contributed by atoms with van der Waals surface area (Å²) in [5.41, 5.74) is 0.659. The van der Waals surface area contributed by atoms with Crippen molar-refractivity contribution in [2.75, 3.05) is 6.54 Å². The molecule has 0 fully saturated rings. The van der Waals surface area contributed by atoms with Crippen LogP contribution in [-0.2, 0) is 9.53 Å². The van der Waals surface area contributed by atoms with E-state index in [4.69, 9.17) is 10.00 Å². The van der Waals surface area contributed by atoms with E-state index in [1.54, 1.807) is 24.3 Å². The number of carbonyl (C=O) groups excluding carboxylic acids is 3. The zero-order valence-electron chi connectivity index (χ0n) is 10.8. The van der Waals surface area contributed by atoms with Gasteiger partial charge in [-0.3, -0.25) is 19.3 Å².